The van der Waals surface area contributed by atoms with Crippen molar-refractivity contribution in [2.75, 3.05) is 19.8 Å². The largest absolute Gasteiger partial charge is 0.494 e. The minimum atomic E-state index is -1.60. The minimum Gasteiger partial charge on any atom is -0.494 e. The highest BCUT2D eigenvalue weighted by molar-refractivity contribution is 6.16. The number of ether oxygens (including phenoxy) is 3. The maximum absolute atomic E-state index is 14.7. The van der Waals surface area contributed by atoms with Crippen LogP contribution in [0.25, 0.3) is 0 Å². The van der Waals surface area contributed by atoms with Gasteiger partial charge in [0.1, 0.15) is 28.4 Å². The number of hydrogen-bond acceptors (Lipinski definition) is 6. The average molecular weight is 768 g/mol. The molecule has 0 aromatic heterocycles. The van der Waals surface area contributed by atoms with Crippen LogP contribution in [0.5, 0.6) is 17.2 Å². The van der Waals surface area contributed by atoms with Gasteiger partial charge >= 0.3 is 0 Å². The van der Waals surface area contributed by atoms with E-state index >= 15 is 0 Å². The standard InChI is InChI=1S/C50H71O6/c1-5-8-11-13-14-15-16-17-19-22-37-56-48-33-27-45(28-34-48)50(41(4)52,39-43-25-31-47(32-26-43)54-35-20-10-7-3)49(53)44(40-51)38-42-23-29-46(30-24-42)55-36-21-18-12-9-6-2/h23-34,44H,5-22,35-39H2,1-4H3. The monoisotopic (exact) mass is 768 g/mol. The van der Waals surface area contributed by atoms with Crippen molar-refractivity contribution in [3.05, 3.63) is 89.5 Å². The van der Waals surface area contributed by atoms with Crippen LogP contribution in [0.3, 0.4) is 0 Å². The molecule has 0 heterocycles. The van der Waals surface area contributed by atoms with E-state index in [9.17, 15) is 14.4 Å². The van der Waals surface area contributed by atoms with E-state index in [-0.39, 0.29) is 18.6 Å². The number of rotatable bonds is 33. The summed E-state index contributed by atoms with van der Waals surface area (Å²) in [4.78, 5) is 41.3. The van der Waals surface area contributed by atoms with Gasteiger partial charge < -0.3 is 14.2 Å². The third kappa shape index (κ3) is 16.3. The van der Waals surface area contributed by atoms with Crippen LogP contribution in [0.15, 0.2) is 72.8 Å². The van der Waals surface area contributed by atoms with Crippen LogP contribution in [0.1, 0.15) is 160 Å². The molecule has 0 fully saturated rings. The van der Waals surface area contributed by atoms with Crippen LogP contribution in [-0.2, 0) is 32.6 Å². The zero-order chi connectivity index (χ0) is 40.3. The second kappa shape index (κ2) is 27.6. The molecule has 0 bridgehead atoms. The lowest BCUT2D eigenvalue weighted by Crippen LogP contribution is -2.48. The second-order valence-corrected chi connectivity index (χ2v) is 15.5. The number of hydrogen-bond donors (Lipinski definition) is 0. The molecule has 6 nitrogen and oxygen atoms in total. The summed E-state index contributed by atoms with van der Waals surface area (Å²) in [7, 11) is 0. The first-order valence-electron chi connectivity index (χ1n) is 22.0. The Morgan fingerprint density at radius 2 is 0.875 bits per heavy atom. The van der Waals surface area contributed by atoms with Crippen molar-refractivity contribution >= 4 is 17.9 Å². The van der Waals surface area contributed by atoms with E-state index in [1.165, 1.54) is 77.6 Å². The highest BCUT2D eigenvalue weighted by atomic mass is 16.5. The summed E-state index contributed by atoms with van der Waals surface area (Å²) in [6.45, 7) is 9.98. The fourth-order valence-electron chi connectivity index (χ4n) is 7.34. The van der Waals surface area contributed by atoms with E-state index in [1.807, 2.05) is 79.1 Å². The van der Waals surface area contributed by atoms with Crippen LogP contribution in [0, 0.1) is 5.92 Å². The third-order valence-electron chi connectivity index (χ3n) is 10.9. The number of carbonyl (C=O) groups is 2. The molecule has 0 amide bonds. The first kappa shape index (κ1) is 46.5. The average Bonchev–Trinajstić information content (AvgIpc) is 3.22. The van der Waals surface area contributed by atoms with Crippen molar-refractivity contribution in [1.82, 2.24) is 0 Å². The molecule has 1 radical (unpaired) electrons. The molecule has 0 aliphatic heterocycles. The lowest BCUT2D eigenvalue weighted by molar-refractivity contribution is -0.135. The zero-order valence-electron chi connectivity index (χ0n) is 35.2. The van der Waals surface area contributed by atoms with Gasteiger partial charge in [-0.15, -0.1) is 0 Å². The number of carbonyl (C=O) groups excluding carboxylic acids is 3. The number of unbranched alkanes of at least 4 members (excludes halogenated alkanes) is 15. The molecule has 56 heavy (non-hydrogen) atoms. The summed E-state index contributed by atoms with van der Waals surface area (Å²) in [5.74, 6) is 0.291. The number of Topliss-reactive ketones (excluding diaryl/α,β-unsaturated/α-hetero) is 2. The van der Waals surface area contributed by atoms with Crippen molar-refractivity contribution in [3.63, 3.8) is 0 Å². The summed E-state index contributed by atoms with van der Waals surface area (Å²) in [5.41, 5.74) is 0.557. The van der Waals surface area contributed by atoms with Crippen LogP contribution in [-0.4, -0.2) is 37.7 Å². The normalized spacial score (nSPS) is 12.8. The summed E-state index contributed by atoms with van der Waals surface area (Å²) in [6.07, 6.45) is 23.9. The first-order valence-corrected chi connectivity index (χ1v) is 22.0. The van der Waals surface area contributed by atoms with Crippen LogP contribution < -0.4 is 14.2 Å². The van der Waals surface area contributed by atoms with E-state index in [2.05, 4.69) is 20.8 Å². The van der Waals surface area contributed by atoms with Crippen molar-refractivity contribution in [2.45, 2.75) is 162 Å². The topological polar surface area (TPSA) is 78.9 Å². The molecule has 0 aliphatic carbocycles. The van der Waals surface area contributed by atoms with Gasteiger partial charge in [-0.25, -0.2) is 0 Å². The summed E-state index contributed by atoms with van der Waals surface area (Å²) in [6, 6.07) is 22.4. The van der Waals surface area contributed by atoms with E-state index in [1.54, 1.807) is 0 Å². The molecule has 0 N–H and O–H groups in total. The van der Waals surface area contributed by atoms with Crippen molar-refractivity contribution in [1.29, 1.82) is 0 Å². The molecular formula is C50H71O6. The molecule has 0 saturated heterocycles. The number of ketones is 2. The molecular weight excluding hydrogens is 697 g/mol. The van der Waals surface area contributed by atoms with Crippen molar-refractivity contribution in [2.24, 2.45) is 5.92 Å². The van der Waals surface area contributed by atoms with Gasteiger partial charge in [0.05, 0.1) is 25.7 Å². The fourth-order valence-corrected chi connectivity index (χ4v) is 7.34. The zero-order valence-corrected chi connectivity index (χ0v) is 35.2. The molecule has 307 valence electrons. The van der Waals surface area contributed by atoms with Gasteiger partial charge in [0.25, 0.3) is 0 Å². The maximum Gasteiger partial charge on any atom is 0.209 e. The van der Waals surface area contributed by atoms with Gasteiger partial charge in [-0.3, -0.25) is 14.4 Å². The Morgan fingerprint density at radius 1 is 0.518 bits per heavy atom. The highest BCUT2D eigenvalue weighted by Crippen LogP contribution is 2.36. The van der Waals surface area contributed by atoms with Gasteiger partial charge in [-0.1, -0.05) is 153 Å². The number of benzene rings is 3. The molecule has 3 aromatic rings. The molecule has 6 heteroatoms. The van der Waals surface area contributed by atoms with E-state index in [0.717, 1.165) is 67.6 Å². The Kier molecular flexibility index (Phi) is 22.9. The molecule has 3 aromatic carbocycles. The van der Waals surface area contributed by atoms with Gasteiger partial charge in [0, 0.05) is 0 Å². The minimum absolute atomic E-state index is 0.110. The molecule has 0 aliphatic rings. The Labute approximate surface area is 339 Å². The van der Waals surface area contributed by atoms with Crippen molar-refractivity contribution < 1.29 is 28.6 Å². The smallest absolute Gasteiger partial charge is 0.209 e. The Morgan fingerprint density at radius 3 is 1.29 bits per heavy atom. The Balaban J connectivity index is 1.74. The molecule has 0 saturated carbocycles. The molecule has 3 rings (SSSR count). The Bertz CT molecular complexity index is 1500. The maximum atomic E-state index is 14.7. The molecule has 2 unspecified atom stereocenters. The summed E-state index contributed by atoms with van der Waals surface area (Å²) >= 11 is 0. The predicted octanol–water partition coefficient (Wildman–Crippen LogP) is 12.5. The van der Waals surface area contributed by atoms with Gasteiger partial charge in [-0.2, -0.15) is 0 Å². The van der Waals surface area contributed by atoms with E-state index in [4.69, 9.17) is 14.2 Å². The van der Waals surface area contributed by atoms with E-state index < -0.39 is 17.1 Å². The molecule has 2 atom stereocenters. The predicted molar refractivity (Wildman–Crippen MR) is 230 cm³/mol. The van der Waals surface area contributed by atoms with E-state index in [0.29, 0.717) is 31.1 Å². The second-order valence-electron chi connectivity index (χ2n) is 15.5. The fraction of sp³-hybridized carbons (Fsp3) is 0.580. The first-order chi connectivity index (χ1) is 27.4. The van der Waals surface area contributed by atoms with Gasteiger partial charge in [0.2, 0.25) is 6.29 Å². The lowest BCUT2D eigenvalue weighted by Gasteiger charge is -2.33. The van der Waals surface area contributed by atoms with Crippen LogP contribution >= 0.6 is 0 Å². The Hall–Kier alpha value is -3.93. The molecule has 0 spiro atoms. The summed E-state index contributed by atoms with van der Waals surface area (Å²) < 4.78 is 18.0. The SMILES string of the molecule is CCCCCCCCCCCCOc1ccc(C(Cc2ccc(OCCCCC)cc2)(C(C)=O)C(=O)C([C]=O)Cc2ccc(OCCCCCCC)cc2)cc1. The summed E-state index contributed by atoms with van der Waals surface area (Å²) in [5, 5.41) is 0. The van der Waals surface area contributed by atoms with Gasteiger partial charge in [-0.05, 0) is 92.1 Å². The third-order valence-corrected chi connectivity index (χ3v) is 10.9. The van der Waals surface area contributed by atoms with Crippen LogP contribution in [0.4, 0.5) is 0 Å². The van der Waals surface area contributed by atoms with Crippen molar-refractivity contribution in [3.8, 4) is 17.2 Å². The highest BCUT2D eigenvalue weighted by Gasteiger charge is 2.48. The lowest BCUT2D eigenvalue weighted by atomic mass is 9.66. The van der Waals surface area contributed by atoms with Gasteiger partial charge in [0.15, 0.2) is 5.78 Å². The van der Waals surface area contributed by atoms with Crippen LogP contribution in [0.2, 0.25) is 0 Å². The quantitative estimate of drug-likeness (QED) is 0.0454.